The van der Waals surface area contributed by atoms with E-state index in [1.807, 2.05) is 0 Å². The number of hydrogen-bond acceptors (Lipinski definition) is 2. The van der Waals surface area contributed by atoms with Crippen LogP contribution in [0.15, 0.2) is 30.3 Å². The van der Waals surface area contributed by atoms with Crippen molar-refractivity contribution in [2.45, 2.75) is 19.5 Å². The van der Waals surface area contributed by atoms with Gasteiger partial charge in [0.25, 0.3) is 0 Å². The zero-order chi connectivity index (χ0) is 13.1. The van der Waals surface area contributed by atoms with Gasteiger partial charge in [-0.15, -0.1) is 0 Å². The van der Waals surface area contributed by atoms with E-state index in [2.05, 4.69) is 0 Å². The van der Waals surface area contributed by atoms with Gasteiger partial charge >= 0.3 is 29.2 Å². The van der Waals surface area contributed by atoms with E-state index in [1.54, 1.807) is 30.3 Å². The van der Waals surface area contributed by atoms with E-state index in [0.29, 0.717) is 5.56 Å². The molecule has 0 bridgehead atoms. The molecule has 18 heavy (non-hydrogen) atoms. The summed E-state index contributed by atoms with van der Waals surface area (Å²) in [5.41, 5.74) is 0.533. The standard InChI is InChI=1S/C12H11F3O2.Mg.2H/c1-8(16)10(11(17)12(13,14)15)7-9-5-3-2-4-6-9;;;/h2-6,10H,7H2,1H3;;;/q;+2;2*-1. The molecule has 0 aliphatic rings. The van der Waals surface area contributed by atoms with Gasteiger partial charge < -0.3 is 2.85 Å². The largest absolute Gasteiger partial charge is 2.00 e. The first-order valence-electron chi connectivity index (χ1n) is 4.98. The molecule has 0 aliphatic carbocycles. The molecule has 96 valence electrons. The van der Waals surface area contributed by atoms with Crippen LogP contribution in [0.25, 0.3) is 0 Å². The normalized spacial score (nSPS) is 12.4. The minimum Gasteiger partial charge on any atom is -1.00 e. The van der Waals surface area contributed by atoms with Crippen molar-refractivity contribution in [2.24, 2.45) is 5.92 Å². The minimum atomic E-state index is -4.97. The van der Waals surface area contributed by atoms with Crippen molar-refractivity contribution in [1.82, 2.24) is 0 Å². The second kappa shape index (κ2) is 6.89. The van der Waals surface area contributed by atoms with E-state index in [-0.39, 0.29) is 32.3 Å². The molecule has 2 nitrogen and oxygen atoms in total. The molecule has 1 rings (SSSR count). The predicted molar refractivity (Wildman–Crippen MR) is 63.4 cm³/mol. The van der Waals surface area contributed by atoms with Gasteiger partial charge in [0.2, 0.25) is 5.78 Å². The van der Waals surface area contributed by atoms with Crippen LogP contribution in [0.3, 0.4) is 0 Å². The third kappa shape index (κ3) is 4.77. The van der Waals surface area contributed by atoms with Gasteiger partial charge in [-0.25, -0.2) is 0 Å². The summed E-state index contributed by atoms with van der Waals surface area (Å²) < 4.78 is 36.8. The smallest absolute Gasteiger partial charge is 1.00 e. The third-order valence-electron chi connectivity index (χ3n) is 2.37. The van der Waals surface area contributed by atoms with Crippen molar-refractivity contribution in [2.75, 3.05) is 0 Å². The Kier molecular flexibility index (Phi) is 6.55. The molecule has 0 radical (unpaired) electrons. The molecule has 0 saturated carbocycles. The molecule has 1 unspecified atom stereocenters. The van der Waals surface area contributed by atoms with Crippen LogP contribution >= 0.6 is 0 Å². The van der Waals surface area contributed by atoms with Crippen LogP contribution in [-0.2, 0) is 16.0 Å². The van der Waals surface area contributed by atoms with Crippen molar-refractivity contribution in [1.29, 1.82) is 0 Å². The molecule has 1 aromatic rings. The Morgan fingerprint density at radius 1 is 1.22 bits per heavy atom. The molecule has 0 aromatic heterocycles. The van der Waals surface area contributed by atoms with Crippen molar-refractivity contribution in [3.63, 3.8) is 0 Å². The van der Waals surface area contributed by atoms with E-state index in [9.17, 15) is 22.8 Å². The van der Waals surface area contributed by atoms with Gasteiger partial charge in [0.15, 0.2) is 0 Å². The van der Waals surface area contributed by atoms with Crippen LogP contribution in [0.5, 0.6) is 0 Å². The molecule has 0 heterocycles. The van der Waals surface area contributed by atoms with Gasteiger partial charge in [0, 0.05) is 0 Å². The summed E-state index contributed by atoms with van der Waals surface area (Å²) in [6.07, 6.45) is -5.18. The van der Waals surface area contributed by atoms with Gasteiger partial charge in [0.1, 0.15) is 5.78 Å². The van der Waals surface area contributed by atoms with Crippen molar-refractivity contribution in [3.05, 3.63) is 35.9 Å². The summed E-state index contributed by atoms with van der Waals surface area (Å²) in [4.78, 5) is 22.2. The summed E-state index contributed by atoms with van der Waals surface area (Å²) in [6.45, 7) is 0.997. The second-order valence-corrected chi connectivity index (χ2v) is 3.71. The van der Waals surface area contributed by atoms with Crippen LogP contribution in [0.2, 0.25) is 0 Å². The number of carbonyl (C=O) groups excluding carboxylic acids is 2. The van der Waals surface area contributed by atoms with Crippen molar-refractivity contribution >= 4 is 34.6 Å². The van der Waals surface area contributed by atoms with Gasteiger partial charge in [-0.1, -0.05) is 30.3 Å². The number of rotatable bonds is 4. The maximum Gasteiger partial charge on any atom is 2.00 e. The first-order valence-corrected chi connectivity index (χ1v) is 4.98. The molecule has 1 atom stereocenters. The van der Waals surface area contributed by atoms with Gasteiger partial charge in [-0.2, -0.15) is 13.2 Å². The van der Waals surface area contributed by atoms with Crippen LogP contribution < -0.4 is 0 Å². The topological polar surface area (TPSA) is 34.1 Å². The number of alkyl halides is 3. The van der Waals surface area contributed by atoms with E-state index in [1.165, 1.54) is 0 Å². The monoisotopic (exact) mass is 270 g/mol. The molecule has 1 aromatic carbocycles. The van der Waals surface area contributed by atoms with E-state index >= 15 is 0 Å². The van der Waals surface area contributed by atoms with Gasteiger partial charge in [-0.05, 0) is 18.9 Å². The zero-order valence-corrected chi connectivity index (χ0v) is 11.2. The fourth-order valence-corrected chi connectivity index (χ4v) is 1.47. The summed E-state index contributed by atoms with van der Waals surface area (Å²) in [5.74, 6) is -4.39. The first kappa shape index (κ1) is 17.1. The first-order chi connectivity index (χ1) is 7.82. The van der Waals surface area contributed by atoms with Gasteiger partial charge in [-0.3, -0.25) is 9.59 Å². The number of Topliss-reactive ketones (excluding diaryl/α,β-unsaturated/α-hetero) is 2. The average Bonchev–Trinajstić information content (AvgIpc) is 2.24. The quantitative estimate of drug-likeness (QED) is 0.622. The molecule has 0 spiro atoms. The molecule has 0 N–H and O–H groups in total. The number of benzene rings is 1. The third-order valence-corrected chi connectivity index (χ3v) is 2.37. The van der Waals surface area contributed by atoms with Crippen molar-refractivity contribution in [3.8, 4) is 0 Å². The second-order valence-electron chi connectivity index (χ2n) is 3.71. The molecule has 0 amide bonds. The summed E-state index contributed by atoms with van der Waals surface area (Å²) in [6, 6.07) is 8.16. The molecule has 0 aliphatic heterocycles. The Bertz CT molecular complexity index is 424. The molecular weight excluding hydrogens is 257 g/mol. The minimum absolute atomic E-state index is 0. The van der Waals surface area contributed by atoms with E-state index < -0.39 is 23.7 Å². The van der Waals surface area contributed by atoms with E-state index in [4.69, 9.17) is 0 Å². The van der Waals surface area contributed by atoms with Crippen molar-refractivity contribution < 1.29 is 25.6 Å². The van der Waals surface area contributed by atoms with Gasteiger partial charge in [0.05, 0.1) is 5.92 Å². The molecule has 0 saturated heterocycles. The average molecular weight is 271 g/mol. The Labute approximate surface area is 122 Å². The summed E-state index contributed by atoms with van der Waals surface area (Å²) in [5, 5.41) is 0. The molecule has 6 heteroatoms. The Hall–Kier alpha value is -0.884. The number of hydrogen-bond donors (Lipinski definition) is 0. The van der Waals surface area contributed by atoms with Crippen LogP contribution in [-0.4, -0.2) is 40.8 Å². The number of ketones is 2. The summed E-state index contributed by atoms with van der Waals surface area (Å²) >= 11 is 0. The maximum atomic E-state index is 12.3. The van der Waals surface area contributed by atoms with Crippen LogP contribution in [0.4, 0.5) is 13.2 Å². The SMILES string of the molecule is CC(=O)C(Cc1ccccc1)C(=O)C(F)(F)F.[H-].[H-].[Mg+2]. The zero-order valence-electron chi connectivity index (χ0n) is 11.8. The van der Waals surface area contributed by atoms with Crippen LogP contribution in [0.1, 0.15) is 15.3 Å². The molecular formula is C12H13F3MgO2. The molecule has 0 fully saturated rings. The Balaban J connectivity index is -0.000000963. The number of halogens is 3. The van der Waals surface area contributed by atoms with E-state index in [0.717, 1.165) is 6.92 Å². The maximum absolute atomic E-state index is 12.3. The Morgan fingerprint density at radius 3 is 2.11 bits per heavy atom. The number of carbonyl (C=O) groups is 2. The Morgan fingerprint density at radius 2 is 1.72 bits per heavy atom. The summed E-state index contributed by atoms with van der Waals surface area (Å²) in [7, 11) is 0. The fourth-order valence-electron chi connectivity index (χ4n) is 1.47. The predicted octanol–water partition coefficient (Wildman–Crippen LogP) is 2.41. The fraction of sp³-hybridized carbons (Fsp3) is 0.333. The van der Waals surface area contributed by atoms with Crippen LogP contribution in [0, 0.1) is 5.92 Å².